The molecule has 1 saturated heterocycles. The molecule has 0 radical (unpaired) electrons. The highest BCUT2D eigenvalue weighted by Gasteiger charge is 2.25. The van der Waals surface area contributed by atoms with Gasteiger partial charge in [-0.25, -0.2) is 4.68 Å². The van der Waals surface area contributed by atoms with Gasteiger partial charge in [-0.05, 0) is 39.5 Å². The van der Waals surface area contributed by atoms with E-state index in [0.717, 1.165) is 25.9 Å². The predicted molar refractivity (Wildman–Crippen MR) is 80.5 cm³/mol. The fourth-order valence-corrected chi connectivity index (χ4v) is 2.80. The second kappa shape index (κ2) is 5.74. The molecule has 0 aliphatic carbocycles. The van der Waals surface area contributed by atoms with Gasteiger partial charge in [-0.15, -0.1) is 0 Å². The number of hydrogen-bond acceptors (Lipinski definition) is 4. The summed E-state index contributed by atoms with van der Waals surface area (Å²) in [5, 5.41) is 13.8. The number of halogens is 1. The van der Waals surface area contributed by atoms with Crippen LogP contribution in [0.5, 0.6) is 0 Å². The number of aliphatic hydroxyl groups excluding tert-OH is 1. The minimum Gasteiger partial charge on any atom is -0.396 e. The van der Waals surface area contributed by atoms with Crippen LogP contribution in [0.25, 0.3) is 0 Å². The van der Waals surface area contributed by atoms with Crippen molar-refractivity contribution in [1.29, 1.82) is 0 Å². The first-order valence-corrected chi connectivity index (χ1v) is 7.36. The van der Waals surface area contributed by atoms with E-state index in [2.05, 4.69) is 5.10 Å². The van der Waals surface area contributed by atoms with E-state index >= 15 is 0 Å². The Morgan fingerprint density at radius 3 is 2.80 bits per heavy atom. The summed E-state index contributed by atoms with van der Waals surface area (Å²) >= 11 is 6.25. The van der Waals surface area contributed by atoms with Gasteiger partial charge in [0.25, 0.3) is 5.56 Å². The molecule has 0 spiro atoms. The smallest absolute Gasteiger partial charge is 0.288 e. The molecule has 1 aliphatic rings. The molecular weight excluding hydrogens is 278 g/mol. The highest BCUT2D eigenvalue weighted by atomic mass is 35.5. The van der Waals surface area contributed by atoms with Crippen molar-refractivity contribution in [2.45, 2.75) is 39.2 Å². The third-order valence-electron chi connectivity index (χ3n) is 3.65. The Labute approximate surface area is 124 Å². The van der Waals surface area contributed by atoms with Crippen LogP contribution in [-0.4, -0.2) is 34.6 Å². The Morgan fingerprint density at radius 2 is 2.20 bits per heavy atom. The standard InChI is InChI=1S/C14H22ClN3O2/c1-14(2,3)18-13(20)12(15)11(7-16-18)17-6-4-5-10(8-17)9-19/h7,10,19H,4-6,8-9H2,1-3H3/t10-/m0/s1. The van der Waals surface area contributed by atoms with Gasteiger partial charge in [-0.1, -0.05) is 11.6 Å². The zero-order chi connectivity index (χ0) is 14.9. The maximum atomic E-state index is 12.3. The van der Waals surface area contributed by atoms with E-state index in [1.807, 2.05) is 25.7 Å². The van der Waals surface area contributed by atoms with E-state index in [0.29, 0.717) is 5.69 Å². The first kappa shape index (κ1) is 15.3. The Bertz CT molecular complexity index is 536. The number of hydrogen-bond donors (Lipinski definition) is 1. The Hall–Kier alpha value is -1.07. The summed E-state index contributed by atoms with van der Waals surface area (Å²) in [5.41, 5.74) is 0.0209. The molecule has 2 heterocycles. The first-order chi connectivity index (χ1) is 9.34. The van der Waals surface area contributed by atoms with Crippen LogP contribution in [0.3, 0.4) is 0 Å². The molecule has 20 heavy (non-hydrogen) atoms. The van der Waals surface area contributed by atoms with Crippen molar-refractivity contribution in [2.24, 2.45) is 5.92 Å². The van der Waals surface area contributed by atoms with Gasteiger partial charge in [0.05, 0.1) is 17.4 Å². The lowest BCUT2D eigenvalue weighted by Crippen LogP contribution is -2.40. The fourth-order valence-electron chi connectivity index (χ4n) is 2.56. The maximum Gasteiger partial charge on any atom is 0.288 e. The summed E-state index contributed by atoms with van der Waals surface area (Å²) in [6, 6.07) is 0. The number of aromatic nitrogens is 2. The topological polar surface area (TPSA) is 58.4 Å². The second-order valence-corrected chi connectivity index (χ2v) is 6.75. The third-order valence-corrected chi connectivity index (χ3v) is 4.01. The van der Waals surface area contributed by atoms with Gasteiger partial charge in [0, 0.05) is 19.7 Å². The number of nitrogens with zero attached hydrogens (tertiary/aromatic N) is 3. The number of piperidine rings is 1. The van der Waals surface area contributed by atoms with Gasteiger partial charge in [-0.3, -0.25) is 4.79 Å². The molecular formula is C14H22ClN3O2. The monoisotopic (exact) mass is 299 g/mol. The normalized spacial score (nSPS) is 20.2. The third kappa shape index (κ3) is 2.99. The van der Waals surface area contributed by atoms with E-state index in [4.69, 9.17) is 11.6 Å². The fraction of sp³-hybridized carbons (Fsp3) is 0.714. The lowest BCUT2D eigenvalue weighted by atomic mass is 9.99. The van der Waals surface area contributed by atoms with Crippen LogP contribution in [0.2, 0.25) is 5.02 Å². The minimum absolute atomic E-state index is 0.167. The highest BCUT2D eigenvalue weighted by molar-refractivity contribution is 6.33. The van der Waals surface area contributed by atoms with Gasteiger partial charge in [0.2, 0.25) is 0 Å². The van der Waals surface area contributed by atoms with Crippen LogP contribution < -0.4 is 10.5 Å². The molecule has 0 bridgehead atoms. The average Bonchev–Trinajstić information content (AvgIpc) is 2.40. The number of aliphatic hydroxyl groups is 1. The number of anilines is 1. The lowest BCUT2D eigenvalue weighted by molar-refractivity contribution is 0.208. The minimum atomic E-state index is -0.394. The predicted octanol–water partition coefficient (Wildman–Crippen LogP) is 1.86. The Kier molecular flexibility index (Phi) is 4.39. The van der Waals surface area contributed by atoms with E-state index < -0.39 is 5.54 Å². The summed E-state index contributed by atoms with van der Waals surface area (Å²) in [7, 11) is 0. The summed E-state index contributed by atoms with van der Waals surface area (Å²) in [5.74, 6) is 0.241. The van der Waals surface area contributed by atoms with Crippen LogP contribution in [0, 0.1) is 5.92 Å². The van der Waals surface area contributed by atoms with E-state index in [9.17, 15) is 9.90 Å². The van der Waals surface area contributed by atoms with Gasteiger partial charge < -0.3 is 10.0 Å². The SMILES string of the molecule is CC(C)(C)n1ncc(N2CCC[C@H](CO)C2)c(Cl)c1=O. The summed E-state index contributed by atoms with van der Waals surface area (Å²) in [6.07, 6.45) is 3.66. The van der Waals surface area contributed by atoms with E-state index in [-0.39, 0.29) is 23.1 Å². The molecule has 112 valence electrons. The van der Waals surface area contributed by atoms with Crippen LogP contribution in [0.15, 0.2) is 11.0 Å². The number of rotatable bonds is 2. The molecule has 1 atom stereocenters. The second-order valence-electron chi connectivity index (χ2n) is 6.37. The van der Waals surface area contributed by atoms with E-state index in [1.165, 1.54) is 4.68 Å². The molecule has 1 fully saturated rings. The molecule has 1 aliphatic heterocycles. The van der Waals surface area contributed by atoms with Gasteiger partial charge in [0.15, 0.2) is 0 Å². The zero-order valence-corrected chi connectivity index (χ0v) is 13.0. The van der Waals surface area contributed by atoms with Gasteiger partial charge >= 0.3 is 0 Å². The first-order valence-electron chi connectivity index (χ1n) is 6.98. The highest BCUT2D eigenvalue weighted by Crippen LogP contribution is 2.27. The average molecular weight is 300 g/mol. The largest absolute Gasteiger partial charge is 0.396 e. The summed E-state index contributed by atoms with van der Waals surface area (Å²) < 4.78 is 1.41. The molecule has 1 N–H and O–H groups in total. The summed E-state index contributed by atoms with van der Waals surface area (Å²) in [6.45, 7) is 7.48. The molecule has 0 unspecified atom stereocenters. The van der Waals surface area contributed by atoms with Gasteiger partial charge in [-0.2, -0.15) is 5.10 Å². The molecule has 5 nitrogen and oxygen atoms in total. The molecule has 0 amide bonds. The van der Waals surface area contributed by atoms with Crippen molar-refractivity contribution in [2.75, 3.05) is 24.6 Å². The van der Waals surface area contributed by atoms with Crippen molar-refractivity contribution in [3.05, 3.63) is 21.6 Å². The van der Waals surface area contributed by atoms with Crippen LogP contribution in [0.1, 0.15) is 33.6 Å². The molecule has 2 rings (SSSR count). The van der Waals surface area contributed by atoms with Crippen molar-refractivity contribution in [3.8, 4) is 0 Å². The molecule has 6 heteroatoms. The zero-order valence-electron chi connectivity index (χ0n) is 12.3. The van der Waals surface area contributed by atoms with Crippen LogP contribution >= 0.6 is 11.6 Å². The van der Waals surface area contributed by atoms with Crippen molar-refractivity contribution in [3.63, 3.8) is 0 Å². The summed E-state index contributed by atoms with van der Waals surface area (Å²) in [4.78, 5) is 14.4. The van der Waals surface area contributed by atoms with Crippen molar-refractivity contribution >= 4 is 17.3 Å². The van der Waals surface area contributed by atoms with Crippen LogP contribution in [-0.2, 0) is 5.54 Å². The van der Waals surface area contributed by atoms with Crippen molar-refractivity contribution < 1.29 is 5.11 Å². The van der Waals surface area contributed by atoms with E-state index in [1.54, 1.807) is 6.20 Å². The molecule has 0 saturated carbocycles. The quantitative estimate of drug-likeness (QED) is 0.905. The molecule has 1 aromatic heterocycles. The van der Waals surface area contributed by atoms with Gasteiger partial charge in [0.1, 0.15) is 5.02 Å². The van der Waals surface area contributed by atoms with Crippen molar-refractivity contribution in [1.82, 2.24) is 9.78 Å². The van der Waals surface area contributed by atoms with Crippen LogP contribution in [0.4, 0.5) is 5.69 Å². The molecule has 0 aromatic carbocycles. The maximum absolute atomic E-state index is 12.3. The Morgan fingerprint density at radius 1 is 1.50 bits per heavy atom. The lowest BCUT2D eigenvalue weighted by Gasteiger charge is -2.34. The Balaban J connectivity index is 2.35. The molecule has 1 aromatic rings.